The third kappa shape index (κ3) is 10.4. The summed E-state index contributed by atoms with van der Waals surface area (Å²) in [4.78, 5) is 75.6. The topological polar surface area (TPSA) is 196 Å². The first-order chi connectivity index (χ1) is 13.0. The third-order valence-corrected chi connectivity index (χ3v) is 2.90. The van der Waals surface area contributed by atoms with Crippen LogP contribution in [0.4, 0.5) is 0 Å². The summed E-state index contributed by atoms with van der Waals surface area (Å²) in [6, 6.07) is 0. The number of carbonyl (C=O) groups is 5. The highest BCUT2D eigenvalue weighted by Crippen LogP contribution is 1.95. The van der Waals surface area contributed by atoms with Crippen LogP contribution in [0.5, 0.6) is 0 Å². The van der Waals surface area contributed by atoms with Gasteiger partial charge in [-0.15, -0.1) is 0 Å². The molecule has 0 aliphatic rings. The van der Waals surface area contributed by atoms with E-state index in [1.54, 1.807) is 0 Å². The number of nitrogens with two attached hydrogens (primary N) is 1. The van der Waals surface area contributed by atoms with Crippen LogP contribution in [0.25, 0.3) is 0 Å². The SMILES string of the molecule is CC(=O)NO[C@H](C)C(=O)NO[C@H](C)C(=O)NO[C@H](C)C(=O)NO[C@H](C)C(N)=O. The van der Waals surface area contributed by atoms with Crippen molar-refractivity contribution in [3.05, 3.63) is 0 Å². The lowest BCUT2D eigenvalue weighted by Gasteiger charge is -2.18. The van der Waals surface area contributed by atoms with Crippen LogP contribution in [-0.4, -0.2) is 54.0 Å². The Hall–Kier alpha value is -2.81. The zero-order valence-corrected chi connectivity index (χ0v) is 16.1. The van der Waals surface area contributed by atoms with Crippen molar-refractivity contribution in [3.8, 4) is 0 Å². The predicted octanol–water partition coefficient (Wildman–Crippen LogP) is -2.76. The van der Waals surface area contributed by atoms with Crippen molar-refractivity contribution < 1.29 is 43.3 Å². The van der Waals surface area contributed by atoms with Gasteiger partial charge in [-0.3, -0.25) is 43.3 Å². The molecular formula is C14H25N5O9. The van der Waals surface area contributed by atoms with E-state index in [9.17, 15) is 24.0 Å². The van der Waals surface area contributed by atoms with Crippen molar-refractivity contribution in [3.63, 3.8) is 0 Å². The van der Waals surface area contributed by atoms with Crippen LogP contribution in [0, 0.1) is 0 Å². The Bertz CT molecular complexity index is 586. The second-order valence-electron chi connectivity index (χ2n) is 5.50. The van der Waals surface area contributed by atoms with Crippen LogP contribution < -0.4 is 27.7 Å². The van der Waals surface area contributed by atoms with Crippen molar-refractivity contribution in [2.45, 2.75) is 59.0 Å². The van der Waals surface area contributed by atoms with E-state index in [2.05, 4.69) is 4.84 Å². The number of nitrogens with one attached hydrogen (secondary N) is 4. The van der Waals surface area contributed by atoms with Gasteiger partial charge in [0.1, 0.15) is 0 Å². The molecule has 0 aromatic rings. The zero-order chi connectivity index (χ0) is 21.9. The van der Waals surface area contributed by atoms with Crippen LogP contribution in [0.2, 0.25) is 0 Å². The maximum atomic E-state index is 11.8. The summed E-state index contributed by atoms with van der Waals surface area (Å²) >= 11 is 0. The zero-order valence-electron chi connectivity index (χ0n) is 16.1. The normalized spacial score (nSPS) is 14.8. The van der Waals surface area contributed by atoms with Gasteiger partial charge in [0, 0.05) is 6.92 Å². The monoisotopic (exact) mass is 407 g/mol. The summed E-state index contributed by atoms with van der Waals surface area (Å²) in [7, 11) is 0. The molecule has 14 nitrogen and oxygen atoms in total. The van der Waals surface area contributed by atoms with Crippen molar-refractivity contribution in [2.24, 2.45) is 5.73 Å². The minimum Gasteiger partial charge on any atom is -0.367 e. The largest absolute Gasteiger partial charge is 0.367 e. The van der Waals surface area contributed by atoms with Crippen LogP contribution in [0.1, 0.15) is 34.6 Å². The van der Waals surface area contributed by atoms with E-state index < -0.39 is 54.0 Å². The van der Waals surface area contributed by atoms with E-state index in [0.29, 0.717) is 0 Å². The molecule has 0 heterocycles. The molecule has 0 aliphatic heterocycles. The predicted molar refractivity (Wildman–Crippen MR) is 89.6 cm³/mol. The molecule has 0 aromatic carbocycles. The summed E-state index contributed by atoms with van der Waals surface area (Å²) in [6.45, 7) is 6.44. The van der Waals surface area contributed by atoms with Gasteiger partial charge >= 0.3 is 0 Å². The maximum absolute atomic E-state index is 11.8. The first-order valence-corrected chi connectivity index (χ1v) is 8.03. The molecule has 0 aliphatic carbocycles. The van der Waals surface area contributed by atoms with Gasteiger partial charge in [-0.2, -0.15) is 0 Å². The van der Waals surface area contributed by atoms with Crippen molar-refractivity contribution in [1.29, 1.82) is 0 Å². The van der Waals surface area contributed by atoms with Crippen molar-refractivity contribution in [2.75, 3.05) is 0 Å². The molecule has 0 spiro atoms. The third-order valence-electron chi connectivity index (χ3n) is 2.90. The van der Waals surface area contributed by atoms with E-state index in [1.807, 2.05) is 21.9 Å². The van der Waals surface area contributed by atoms with E-state index in [1.165, 1.54) is 34.6 Å². The summed E-state index contributed by atoms with van der Waals surface area (Å²) < 4.78 is 0. The van der Waals surface area contributed by atoms with Gasteiger partial charge in [0.05, 0.1) is 0 Å². The maximum Gasteiger partial charge on any atom is 0.275 e. The van der Waals surface area contributed by atoms with Crippen molar-refractivity contribution >= 4 is 29.5 Å². The van der Waals surface area contributed by atoms with E-state index >= 15 is 0 Å². The minimum atomic E-state index is -1.20. The molecule has 0 radical (unpaired) electrons. The molecule has 0 saturated heterocycles. The number of hydroxylamine groups is 4. The fraction of sp³-hybridized carbons (Fsp3) is 0.643. The minimum absolute atomic E-state index is 0.502. The lowest BCUT2D eigenvalue weighted by molar-refractivity contribution is -0.168. The highest BCUT2D eigenvalue weighted by atomic mass is 16.7. The van der Waals surface area contributed by atoms with Crippen LogP contribution in [0.15, 0.2) is 0 Å². The Morgan fingerprint density at radius 2 is 0.893 bits per heavy atom. The van der Waals surface area contributed by atoms with Gasteiger partial charge in [-0.05, 0) is 27.7 Å². The highest BCUT2D eigenvalue weighted by Gasteiger charge is 2.22. The molecule has 14 heteroatoms. The molecule has 4 atom stereocenters. The van der Waals surface area contributed by atoms with Gasteiger partial charge in [-0.25, -0.2) is 21.9 Å². The molecule has 0 saturated carbocycles. The second-order valence-corrected chi connectivity index (χ2v) is 5.50. The molecule has 28 heavy (non-hydrogen) atoms. The van der Waals surface area contributed by atoms with Gasteiger partial charge < -0.3 is 5.73 Å². The Morgan fingerprint density at radius 3 is 1.18 bits per heavy atom. The number of rotatable bonds is 12. The van der Waals surface area contributed by atoms with Gasteiger partial charge in [0.2, 0.25) is 11.8 Å². The molecule has 0 fully saturated rings. The Balaban J connectivity index is 4.19. The quantitative estimate of drug-likeness (QED) is 0.213. The first kappa shape index (κ1) is 25.2. The van der Waals surface area contributed by atoms with Crippen LogP contribution >= 0.6 is 0 Å². The highest BCUT2D eigenvalue weighted by molar-refractivity contribution is 5.83. The number of hydrogen-bond donors (Lipinski definition) is 5. The van der Waals surface area contributed by atoms with Crippen LogP contribution in [0.3, 0.4) is 0 Å². The lowest BCUT2D eigenvalue weighted by Crippen LogP contribution is -2.46. The molecular weight excluding hydrogens is 382 g/mol. The molecule has 5 amide bonds. The van der Waals surface area contributed by atoms with Gasteiger partial charge in [0.25, 0.3) is 17.7 Å². The Morgan fingerprint density at radius 1 is 0.607 bits per heavy atom. The van der Waals surface area contributed by atoms with Gasteiger partial charge in [0.15, 0.2) is 24.4 Å². The summed E-state index contributed by atoms with van der Waals surface area (Å²) in [5.74, 6) is -3.66. The number of primary amides is 1. The summed E-state index contributed by atoms with van der Waals surface area (Å²) in [5.41, 5.74) is 12.8. The van der Waals surface area contributed by atoms with Crippen molar-refractivity contribution in [1.82, 2.24) is 21.9 Å². The smallest absolute Gasteiger partial charge is 0.275 e. The standard InChI is InChI=1S/C14H25N5O9/c1-6(11(15)21)25-17-13(23)8(3)27-19-14(24)9(4)28-18-12(22)7(2)26-16-10(5)20/h6-9H,1-5H3,(H2,15,21)(H,16,20)(H,17,23)(H,18,22)(H,19,24)/t6-,7-,8-,9-/m1/s1. The first-order valence-electron chi connectivity index (χ1n) is 8.03. The fourth-order valence-corrected chi connectivity index (χ4v) is 1.08. The van der Waals surface area contributed by atoms with E-state index in [4.69, 9.17) is 20.2 Å². The average molecular weight is 407 g/mol. The van der Waals surface area contributed by atoms with E-state index in [0.717, 1.165) is 0 Å². The number of carbonyl (C=O) groups excluding carboxylic acids is 5. The number of hydrogen-bond acceptors (Lipinski definition) is 9. The number of amides is 5. The summed E-state index contributed by atoms with van der Waals surface area (Å²) in [5, 5.41) is 0. The molecule has 0 unspecified atom stereocenters. The molecule has 0 aromatic heterocycles. The van der Waals surface area contributed by atoms with Gasteiger partial charge in [-0.1, -0.05) is 0 Å². The van der Waals surface area contributed by atoms with Crippen LogP contribution in [-0.2, 0) is 43.3 Å². The Labute approximate surface area is 160 Å². The lowest BCUT2D eigenvalue weighted by atomic mass is 10.4. The average Bonchev–Trinajstić information content (AvgIpc) is 2.64. The molecule has 0 rings (SSSR count). The fourth-order valence-electron chi connectivity index (χ4n) is 1.08. The molecule has 6 N–H and O–H groups in total. The van der Waals surface area contributed by atoms with E-state index in [-0.39, 0.29) is 0 Å². The molecule has 160 valence electrons. The Kier molecular flexibility index (Phi) is 11.3. The second kappa shape index (κ2) is 12.6. The summed E-state index contributed by atoms with van der Waals surface area (Å²) in [6.07, 6.45) is -4.52. The molecule has 0 bridgehead atoms.